The van der Waals surface area contributed by atoms with Crippen LogP contribution in [-0.4, -0.2) is 24.4 Å². The van der Waals surface area contributed by atoms with Gasteiger partial charge in [0.05, 0.1) is 6.04 Å². The summed E-state index contributed by atoms with van der Waals surface area (Å²) in [6.45, 7) is 0.533. The van der Waals surface area contributed by atoms with E-state index >= 15 is 0 Å². The number of carbonyl (C=O) groups is 2. The zero-order valence-corrected chi connectivity index (χ0v) is 11.7. The molecule has 20 heavy (non-hydrogen) atoms. The molecule has 0 aliphatic carbocycles. The van der Waals surface area contributed by atoms with Crippen molar-refractivity contribution in [2.75, 3.05) is 6.54 Å². The van der Waals surface area contributed by atoms with Crippen LogP contribution in [-0.2, 0) is 16.0 Å². The van der Waals surface area contributed by atoms with Gasteiger partial charge in [0.1, 0.15) is 0 Å². The van der Waals surface area contributed by atoms with E-state index in [1.54, 1.807) is 0 Å². The van der Waals surface area contributed by atoms with Crippen molar-refractivity contribution in [3.05, 3.63) is 35.9 Å². The number of amides is 2. The van der Waals surface area contributed by atoms with Crippen LogP contribution >= 0.6 is 0 Å². The molecule has 5 heteroatoms. The van der Waals surface area contributed by atoms with Crippen molar-refractivity contribution in [2.45, 2.75) is 38.1 Å². The van der Waals surface area contributed by atoms with Crippen molar-refractivity contribution in [1.82, 2.24) is 5.32 Å². The summed E-state index contributed by atoms with van der Waals surface area (Å²) in [6, 6.07) is 9.45. The molecular formula is C15H23N3O2. The highest BCUT2D eigenvalue weighted by atomic mass is 16.2. The van der Waals surface area contributed by atoms with Gasteiger partial charge < -0.3 is 16.8 Å². The summed E-state index contributed by atoms with van der Waals surface area (Å²) >= 11 is 0. The number of rotatable bonds is 9. The fourth-order valence-corrected chi connectivity index (χ4v) is 1.86. The number of hydrogen-bond donors (Lipinski definition) is 3. The number of aryl methyl sites for hydroxylation is 1. The molecule has 0 aliphatic heterocycles. The highest BCUT2D eigenvalue weighted by Gasteiger charge is 2.12. The third-order valence-electron chi connectivity index (χ3n) is 3.07. The van der Waals surface area contributed by atoms with E-state index in [2.05, 4.69) is 5.32 Å². The normalized spacial score (nSPS) is 11.8. The maximum atomic E-state index is 11.7. The van der Waals surface area contributed by atoms with E-state index < -0.39 is 6.04 Å². The first kappa shape index (κ1) is 16.2. The Bertz CT molecular complexity index is 420. The first-order valence-corrected chi connectivity index (χ1v) is 6.95. The Labute approximate surface area is 119 Å². The van der Waals surface area contributed by atoms with Gasteiger partial charge in [-0.1, -0.05) is 30.3 Å². The molecule has 0 radical (unpaired) electrons. The fourth-order valence-electron chi connectivity index (χ4n) is 1.86. The lowest BCUT2D eigenvalue weighted by atomic mass is 10.1. The Kier molecular flexibility index (Phi) is 7.35. The van der Waals surface area contributed by atoms with E-state index in [-0.39, 0.29) is 11.8 Å². The number of hydrogen-bond acceptors (Lipinski definition) is 3. The number of primary amides is 1. The molecule has 5 N–H and O–H groups in total. The molecule has 0 aliphatic rings. The van der Waals surface area contributed by atoms with Crippen molar-refractivity contribution in [3.8, 4) is 0 Å². The monoisotopic (exact) mass is 277 g/mol. The Morgan fingerprint density at radius 1 is 1.15 bits per heavy atom. The van der Waals surface area contributed by atoms with E-state index in [0.29, 0.717) is 25.8 Å². The quantitative estimate of drug-likeness (QED) is 0.580. The predicted octanol–water partition coefficient (Wildman–Crippen LogP) is 0.718. The topological polar surface area (TPSA) is 98.2 Å². The van der Waals surface area contributed by atoms with E-state index in [1.807, 2.05) is 30.3 Å². The van der Waals surface area contributed by atoms with Crippen LogP contribution in [0.1, 0.15) is 31.2 Å². The van der Waals surface area contributed by atoms with E-state index in [0.717, 1.165) is 12.8 Å². The number of carbonyl (C=O) groups excluding carboxylic acids is 2. The Hall–Kier alpha value is -1.88. The average Bonchev–Trinajstić information content (AvgIpc) is 2.45. The minimum Gasteiger partial charge on any atom is -0.370 e. The molecule has 0 spiro atoms. The van der Waals surface area contributed by atoms with Crippen LogP contribution in [0.2, 0.25) is 0 Å². The second-order valence-corrected chi connectivity index (χ2v) is 4.85. The molecule has 0 fully saturated rings. The van der Waals surface area contributed by atoms with Gasteiger partial charge in [-0.05, 0) is 31.2 Å². The summed E-state index contributed by atoms with van der Waals surface area (Å²) in [6.07, 6.45) is 3.19. The average molecular weight is 277 g/mol. The molecule has 2 amide bonds. The molecule has 0 unspecified atom stereocenters. The molecule has 0 bridgehead atoms. The SMILES string of the molecule is NC(=O)CCCCNC(=O)[C@@H](N)CCc1ccccc1. The second kappa shape index (κ2) is 9.09. The van der Waals surface area contributed by atoms with Crippen molar-refractivity contribution >= 4 is 11.8 Å². The van der Waals surface area contributed by atoms with Crippen LogP contribution in [0.3, 0.4) is 0 Å². The first-order chi connectivity index (χ1) is 9.59. The highest BCUT2D eigenvalue weighted by molar-refractivity contribution is 5.81. The van der Waals surface area contributed by atoms with Crippen molar-refractivity contribution in [3.63, 3.8) is 0 Å². The van der Waals surface area contributed by atoms with Crippen molar-refractivity contribution in [1.29, 1.82) is 0 Å². The van der Waals surface area contributed by atoms with Crippen LogP contribution in [0.5, 0.6) is 0 Å². The zero-order chi connectivity index (χ0) is 14.8. The molecule has 0 aromatic heterocycles. The van der Waals surface area contributed by atoms with Gasteiger partial charge in [-0.25, -0.2) is 0 Å². The van der Waals surface area contributed by atoms with Gasteiger partial charge in [0, 0.05) is 13.0 Å². The third kappa shape index (κ3) is 6.89. The van der Waals surface area contributed by atoms with Gasteiger partial charge >= 0.3 is 0 Å². The van der Waals surface area contributed by atoms with Crippen LogP contribution in [0.25, 0.3) is 0 Å². The van der Waals surface area contributed by atoms with Crippen LogP contribution < -0.4 is 16.8 Å². The van der Waals surface area contributed by atoms with E-state index in [4.69, 9.17) is 11.5 Å². The molecule has 110 valence electrons. The lowest BCUT2D eigenvalue weighted by molar-refractivity contribution is -0.122. The minimum atomic E-state index is -0.494. The summed E-state index contributed by atoms with van der Waals surface area (Å²) in [7, 11) is 0. The van der Waals surface area contributed by atoms with Gasteiger partial charge in [0.2, 0.25) is 11.8 Å². The number of nitrogens with two attached hydrogens (primary N) is 2. The largest absolute Gasteiger partial charge is 0.370 e. The van der Waals surface area contributed by atoms with Gasteiger partial charge in [-0.15, -0.1) is 0 Å². The molecule has 1 rings (SSSR count). The fraction of sp³-hybridized carbons (Fsp3) is 0.467. The summed E-state index contributed by atoms with van der Waals surface area (Å²) in [5, 5.41) is 2.78. The van der Waals surface area contributed by atoms with Gasteiger partial charge in [-0.3, -0.25) is 9.59 Å². The molecule has 5 nitrogen and oxygen atoms in total. The second-order valence-electron chi connectivity index (χ2n) is 4.85. The third-order valence-corrected chi connectivity index (χ3v) is 3.07. The Balaban J connectivity index is 2.14. The van der Waals surface area contributed by atoms with Crippen molar-refractivity contribution < 1.29 is 9.59 Å². The lowest BCUT2D eigenvalue weighted by Crippen LogP contribution is -2.41. The molecule has 1 atom stereocenters. The van der Waals surface area contributed by atoms with Gasteiger partial charge in [0.25, 0.3) is 0 Å². The maximum absolute atomic E-state index is 11.7. The first-order valence-electron chi connectivity index (χ1n) is 6.95. The molecule has 1 aromatic carbocycles. The predicted molar refractivity (Wildman–Crippen MR) is 78.8 cm³/mol. The summed E-state index contributed by atoms with van der Waals surface area (Å²) in [5.41, 5.74) is 12.1. The van der Waals surface area contributed by atoms with E-state index in [1.165, 1.54) is 5.56 Å². The molecule has 0 heterocycles. The Morgan fingerprint density at radius 3 is 2.50 bits per heavy atom. The zero-order valence-electron chi connectivity index (χ0n) is 11.7. The summed E-state index contributed by atoms with van der Waals surface area (Å²) in [5.74, 6) is -0.448. The van der Waals surface area contributed by atoms with Crippen LogP contribution in [0.4, 0.5) is 0 Å². The summed E-state index contributed by atoms with van der Waals surface area (Å²) in [4.78, 5) is 22.3. The van der Waals surface area contributed by atoms with Crippen molar-refractivity contribution in [2.24, 2.45) is 11.5 Å². The highest BCUT2D eigenvalue weighted by Crippen LogP contribution is 2.04. The van der Waals surface area contributed by atoms with Crippen LogP contribution in [0.15, 0.2) is 30.3 Å². The maximum Gasteiger partial charge on any atom is 0.236 e. The van der Waals surface area contributed by atoms with Gasteiger partial charge in [-0.2, -0.15) is 0 Å². The molecule has 0 saturated heterocycles. The van der Waals surface area contributed by atoms with E-state index in [9.17, 15) is 9.59 Å². The summed E-state index contributed by atoms with van der Waals surface area (Å²) < 4.78 is 0. The number of benzene rings is 1. The van der Waals surface area contributed by atoms with Crippen LogP contribution in [0, 0.1) is 0 Å². The number of unbranched alkanes of at least 4 members (excludes halogenated alkanes) is 1. The smallest absolute Gasteiger partial charge is 0.236 e. The van der Waals surface area contributed by atoms with Gasteiger partial charge in [0.15, 0.2) is 0 Å². The molecule has 0 saturated carbocycles. The number of nitrogens with one attached hydrogen (secondary N) is 1. The minimum absolute atomic E-state index is 0.139. The Morgan fingerprint density at radius 2 is 1.85 bits per heavy atom. The molecular weight excluding hydrogens is 254 g/mol. The lowest BCUT2D eigenvalue weighted by Gasteiger charge is -2.12. The standard InChI is InChI=1S/C15H23N3O2/c16-13(10-9-12-6-2-1-3-7-12)15(20)18-11-5-4-8-14(17)19/h1-3,6-7,13H,4-5,8-11,16H2,(H2,17,19)(H,18,20)/t13-/m0/s1. The molecule has 1 aromatic rings.